The minimum atomic E-state index is -0.493. The molecule has 0 saturated heterocycles. The molecule has 0 bridgehead atoms. The summed E-state index contributed by atoms with van der Waals surface area (Å²) in [5.74, 6) is -1.16. The van der Waals surface area contributed by atoms with Gasteiger partial charge in [0, 0.05) is 30.9 Å². The first-order valence-corrected chi connectivity index (χ1v) is 10.0. The second kappa shape index (κ2) is 9.75. The van der Waals surface area contributed by atoms with Gasteiger partial charge in [-0.05, 0) is 37.6 Å². The molecule has 0 aliphatic rings. The van der Waals surface area contributed by atoms with E-state index in [4.69, 9.17) is 5.73 Å². The Balaban J connectivity index is 1.77. The van der Waals surface area contributed by atoms with Crippen molar-refractivity contribution in [3.8, 4) is 0 Å². The first-order valence-electron chi connectivity index (χ1n) is 10.0. The summed E-state index contributed by atoms with van der Waals surface area (Å²) in [7, 11) is 0. The first-order chi connectivity index (χ1) is 14.9. The maximum atomic E-state index is 13.0. The van der Waals surface area contributed by atoms with Gasteiger partial charge in [-0.1, -0.05) is 42.5 Å². The largest absolute Gasteiger partial charge is 0.370 e. The lowest BCUT2D eigenvalue weighted by Gasteiger charge is -2.12. The van der Waals surface area contributed by atoms with Gasteiger partial charge in [0.05, 0.1) is 16.8 Å². The van der Waals surface area contributed by atoms with E-state index in [0.717, 1.165) is 17.0 Å². The van der Waals surface area contributed by atoms with Crippen molar-refractivity contribution < 1.29 is 14.4 Å². The molecule has 1 heterocycles. The molecule has 0 spiro atoms. The predicted octanol–water partition coefficient (Wildman–Crippen LogP) is 3.01. The zero-order valence-corrected chi connectivity index (χ0v) is 17.6. The fourth-order valence-corrected chi connectivity index (χ4v) is 3.41. The van der Waals surface area contributed by atoms with Crippen LogP contribution in [0.2, 0.25) is 0 Å². The molecule has 0 aliphatic heterocycles. The second-order valence-corrected chi connectivity index (χ2v) is 7.33. The number of carbonyl (C=O) groups excluding carboxylic acids is 3. The third kappa shape index (κ3) is 5.39. The minimum Gasteiger partial charge on any atom is -0.370 e. The van der Waals surface area contributed by atoms with Crippen molar-refractivity contribution in [1.82, 2.24) is 9.88 Å². The van der Waals surface area contributed by atoms with Gasteiger partial charge in [0.1, 0.15) is 0 Å². The van der Waals surface area contributed by atoms with Crippen LogP contribution in [0.25, 0.3) is 0 Å². The third-order valence-corrected chi connectivity index (χ3v) is 5.08. The molecule has 3 rings (SSSR count). The Labute approximate surface area is 181 Å². The Kier molecular flexibility index (Phi) is 6.87. The predicted molar refractivity (Wildman–Crippen MR) is 120 cm³/mol. The molecule has 0 unspecified atom stereocenters. The van der Waals surface area contributed by atoms with Crippen LogP contribution in [0.1, 0.15) is 44.1 Å². The minimum absolute atomic E-state index is 0.0493. The van der Waals surface area contributed by atoms with Crippen LogP contribution in [0.5, 0.6) is 0 Å². The first kappa shape index (κ1) is 21.8. The molecule has 0 aliphatic carbocycles. The van der Waals surface area contributed by atoms with Crippen LogP contribution in [-0.2, 0) is 11.3 Å². The van der Waals surface area contributed by atoms with Crippen LogP contribution in [0, 0.1) is 13.8 Å². The highest BCUT2D eigenvalue weighted by atomic mass is 16.2. The molecule has 7 nitrogen and oxygen atoms in total. The van der Waals surface area contributed by atoms with E-state index >= 15 is 0 Å². The zero-order valence-electron chi connectivity index (χ0n) is 17.6. The number of hydrogen-bond donors (Lipinski definition) is 3. The van der Waals surface area contributed by atoms with Gasteiger partial charge < -0.3 is 20.9 Å². The lowest BCUT2D eigenvalue weighted by molar-refractivity contribution is -0.117. The molecular weight excluding hydrogens is 392 g/mol. The number of hydrogen-bond acceptors (Lipinski definition) is 3. The van der Waals surface area contributed by atoms with Crippen molar-refractivity contribution >= 4 is 23.4 Å². The van der Waals surface area contributed by atoms with Crippen molar-refractivity contribution in [3.05, 3.63) is 88.7 Å². The third-order valence-electron chi connectivity index (χ3n) is 5.08. The van der Waals surface area contributed by atoms with Gasteiger partial charge in [0.25, 0.3) is 11.8 Å². The Morgan fingerprint density at radius 1 is 0.903 bits per heavy atom. The maximum Gasteiger partial charge on any atom is 0.257 e. The summed E-state index contributed by atoms with van der Waals surface area (Å²) in [5, 5.41) is 5.49. The average molecular weight is 418 g/mol. The number of nitrogens with one attached hydrogen (secondary N) is 2. The van der Waals surface area contributed by atoms with E-state index in [0.29, 0.717) is 23.4 Å². The smallest absolute Gasteiger partial charge is 0.257 e. The summed E-state index contributed by atoms with van der Waals surface area (Å²) in [4.78, 5) is 36.4. The van der Waals surface area contributed by atoms with Gasteiger partial charge in [-0.15, -0.1) is 0 Å². The zero-order chi connectivity index (χ0) is 22.4. The Morgan fingerprint density at radius 3 is 2.29 bits per heavy atom. The molecule has 4 N–H and O–H groups in total. The molecule has 160 valence electrons. The van der Waals surface area contributed by atoms with E-state index in [2.05, 4.69) is 15.2 Å². The summed E-state index contributed by atoms with van der Waals surface area (Å²) in [6.45, 7) is 4.68. The lowest BCUT2D eigenvalue weighted by Crippen LogP contribution is -2.28. The molecule has 3 aromatic rings. The van der Waals surface area contributed by atoms with Gasteiger partial charge in [-0.3, -0.25) is 14.4 Å². The van der Waals surface area contributed by atoms with Crippen LogP contribution in [0.4, 0.5) is 5.69 Å². The lowest BCUT2D eigenvalue weighted by atomic mass is 10.1. The van der Waals surface area contributed by atoms with Crippen LogP contribution in [0.15, 0.2) is 60.7 Å². The number of aromatic nitrogens is 1. The highest BCUT2D eigenvalue weighted by Crippen LogP contribution is 2.21. The van der Waals surface area contributed by atoms with E-state index < -0.39 is 5.91 Å². The van der Waals surface area contributed by atoms with Crippen LogP contribution in [0.3, 0.4) is 0 Å². The molecule has 0 atom stereocenters. The standard InChI is InChI=1S/C24H26N4O3/c1-16-14-20(17(2)28(16)15-18-8-4-3-5-9-18)24(31)27-21-11-7-6-10-19(21)23(30)26-13-12-22(25)29/h3-11,14H,12-13,15H2,1-2H3,(H2,25,29)(H,26,30)(H,27,31). The van der Waals surface area contributed by atoms with Gasteiger partial charge in [-0.2, -0.15) is 0 Å². The van der Waals surface area contributed by atoms with Crippen LogP contribution in [-0.4, -0.2) is 28.8 Å². The Morgan fingerprint density at radius 2 is 1.58 bits per heavy atom. The van der Waals surface area contributed by atoms with Crippen molar-refractivity contribution in [2.24, 2.45) is 5.73 Å². The second-order valence-electron chi connectivity index (χ2n) is 7.33. The summed E-state index contributed by atoms with van der Waals surface area (Å²) >= 11 is 0. The molecule has 31 heavy (non-hydrogen) atoms. The summed E-state index contributed by atoms with van der Waals surface area (Å²) in [5.41, 5.74) is 9.35. The number of nitrogens with zero attached hydrogens (tertiary/aromatic N) is 1. The van der Waals surface area contributed by atoms with E-state index in [1.807, 2.05) is 50.2 Å². The fourth-order valence-electron chi connectivity index (χ4n) is 3.41. The van der Waals surface area contributed by atoms with Gasteiger partial charge in [0.15, 0.2) is 0 Å². The topological polar surface area (TPSA) is 106 Å². The molecule has 0 saturated carbocycles. The van der Waals surface area contributed by atoms with Crippen LogP contribution < -0.4 is 16.4 Å². The van der Waals surface area contributed by atoms with E-state index in [9.17, 15) is 14.4 Å². The van der Waals surface area contributed by atoms with Crippen molar-refractivity contribution in [2.75, 3.05) is 11.9 Å². The molecule has 1 aromatic heterocycles. The summed E-state index contributed by atoms with van der Waals surface area (Å²) in [6, 6.07) is 18.6. The van der Waals surface area contributed by atoms with Crippen molar-refractivity contribution in [3.63, 3.8) is 0 Å². The van der Waals surface area contributed by atoms with E-state index in [1.54, 1.807) is 24.3 Å². The SMILES string of the molecule is Cc1cc(C(=O)Nc2ccccc2C(=O)NCCC(N)=O)c(C)n1Cc1ccccc1. The number of nitrogens with two attached hydrogens (primary N) is 1. The average Bonchev–Trinajstić information content (AvgIpc) is 3.03. The molecule has 3 amide bonds. The quantitative estimate of drug-likeness (QED) is 0.523. The number of amides is 3. The molecule has 7 heteroatoms. The summed E-state index contributed by atoms with van der Waals surface area (Å²) < 4.78 is 2.09. The molecule has 0 radical (unpaired) electrons. The van der Waals surface area contributed by atoms with Gasteiger partial charge in [0.2, 0.25) is 5.91 Å². The van der Waals surface area contributed by atoms with E-state index in [-0.39, 0.29) is 24.8 Å². The number of aryl methyl sites for hydroxylation is 1. The van der Waals surface area contributed by atoms with Crippen molar-refractivity contribution in [2.45, 2.75) is 26.8 Å². The molecule has 0 fully saturated rings. The highest BCUT2D eigenvalue weighted by molar-refractivity contribution is 6.09. The van der Waals surface area contributed by atoms with Crippen LogP contribution >= 0.6 is 0 Å². The van der Waals surface area contributed by atoms with Crippen molar-refractivity contribution in [1.29, 1.82) is 0 Å². The Hall–Kier alpha value is -3.87. The number of carbonyl (C=O) groups is 3. The number of primary amides is 1. The summed E-state index contributed by atoms with van der Waals surface area (Å²) in [6.07, 6.45) is 0.0493. The number of para-hydroxylation sites is 1. The Bertz CT molecular complexity index is 1100. The van der Waals surface area contributed by atoms with Gasteiger partial charge >= 0.3 is 0 Å². The highest BCUT2D eigenvalue weighted by Gasteiger charge is 2.18. The monoisotopic (exact) mass is 418 g/mol. The maximum absolute atomic E-state index is 13.0. The van der Waals surface area contributed by atoms with Gasteiger partial charge in [-0.25, -0.2) is 0 Å². The molecular formula is C24H26N4O3. The number of benzene rings is 2. The number of rotatable bonds is 8. The number of anilines is 1. The van der Waals surface area contributed by atoms with E-state index in [1.165, 1.54) is 0 Å². The molecule has 2 aromatic carbocycles. The normalized spacial score (nSPS) is 10.5. The fraction of sp³-hybridized carbons (Fsp3) is 0.208.